The third kappa shape index (κ3) is 4.36. The number of nitrogens with zero attached hydrogens (tertiary/aromatic N) is 4. The minimum atomic E-state index is -0.249. The Bertz CT molecular complexity index is 896. The summed E-state index contributed by atoms with van der Waals surface area (Å²) in [5.74, 6) is 0.234. The van der Waals surface area contributed by atoms with Crippen molar-refractivity contribution in [3.8, 4) is 11.3 Å². The van der Waals surface area contributed by atoms with E-state index in [-0.39, 0.29) is 17.2 Å². The Morgan fingerprint density at radius 2 is 1.84 bits per heavy atom. The molecule has 0 saturated heterocycles. The molecule has 1 aromatic carbocycles. The summed E-state index contributed by atoms with van der Waals surface area (Å²) in [5, 5.41) is 16.4. The van der Waals surface area contributed by atoms with Crippen molar-refractivity contribution >= 4 is 23.3 Å². The summed E-state index contributed by atoms with van der Waals surface area (Å²) in [6.45, 7) is 7.92. The fourth-order valence-corrected chi connectivity index (χ4v) is 3.01. The van der Waals surface area contributed by atoms with Crippen molar-refractivity contribution in [2.45, 2.75) is 38.4 Å². The zero-order valence-corrected chi connectivity index (χ0v) is 15.6. The van der Waals surface area contributed by atoms with Crippen LogP contribution in [0.3, 0.4) is 0 Å². The molecule has 0 aliphatic carbocycles. The van der Waals surface area contributed by atoms with Gasteiger partial charge in [-0.3, -0.25) is 4.79 Å². The first-order valence-corrected chi connectivity index (χ1v) is 9.04. The third-order valence-electron chi connectivity index (χ3n) is 3.43. The number of carbonyl (C=O) groups is 1. The summed E-state index contributed by atoms with van der Waals surface area (Å²) in [6, 6.07) is 12.0. The Hall–Kier alpha value is -2.41. The molecule has 0 bridgehead atoms. The number of aryl methyl sites for hydroxylation is 1. The molecule has 0 atom stereocenters. The Kier molecular flexibility index (Phi) is 4.76. The van der Waals surface area contributed by atoms with Crippen LogP contribution in [0.15, 0.2) is 41.6 Å². The predicted octanol–water partition coefficient (Wildman–Crippen LogP) is 3.11. The second-order valence-electron chi connectivity index (χ2n) is 6.92. The minimum absolute atomic E-state index is 0.0380. The van der Waals surface area contributed by atoms with E-state index in [1.165, 1.54) is 17.3 Å². The van der Waals surface area contributed by atoms with Gasteiger partial charge < -0.3 is 5.32 Å². The quantitative estimate of drug-likeness (QED) is 0.728. The van der Waals surface area contributed by atoms with Gasteiger partial charge in [0.25, 0.3) is 0 Å². The number of thioether (sulfide) groups is 1. The highest BCUT2D eigenvalue weighted by molar-refractivity contribution is 7.99. The topological polar surface area (TPSA) is 72.2 Å². The van der Waals surface area contributed by atoms with E-state index in [0.717, 1.165) is 11.3 Å². The molecule has 0 aliphatic heterocycles. The summed E-state index contributed by atoms with van der Waals surface area (Å²) < 4.78 is 1.68. The highest BCUT2D eigenvalue weighted by Crippen LogP contribution is 2.21. The van der Waals surface area contributed by atoms with E-state index < -0.39 is 0 Å². The summed E-state index contributed by atoms with van der Waals surface area (Å²) in [4.78, 5) is 12.0. The van der Waals surface area contributed by atoms with E-state index in [1.807, 2.05) is 45.0 Å². The molecule has 2 aromatic heterocycles. The summed E-state index contributed by atoms with van der Waals surface area (Å²) >= 11 is 1.33. The molecule has 1 amide bonds. The smallest absolute Gasteiger partial charge is 0.230 e. The molecule has 130 valence electrons. The fourth-order valence-electron chi connectivity index (χ4n) is 2.32. The highest BCUT2D eigenvalue weighted by atomic mass is 32.2. The van der Waals surface area contributed by atoms with Crippen LogP contribution in [0.5, 0.6) is 0 Å². The normalized spacial score (nSPS) is 11.7. The van der Waals surface area contributed by atoms with Crippen LogP contribution in [-0.4, -0.2) is 37.0 Å². The zero-order valence-electron chi connectivity index (χ0n) is 14.8. The second kappa shape index (κ2) is 6.84. The molecule has 1 N–H and O–H groups in total. The first-order chi connectivity index (χ1) is 11.8. The molecular formula is C18H21N5OS. The molecule has 3 aromatic rings. The molecule has 0 spiro atoms. The zero-order chi connectivity index (χ0) is 18.0. The number of fused-ring (bicyclic) bond motifs is 1. The van der Waals surface area contributed by atoms with Crippen LogP contribution in [-0.2, 0) is 4.79 Å². The molecule has 6 nitrogen and oxygen atoms in total. The number of aromatic nitrogens is 4. The lowest BCUT2D eigenvalue weighted by Gasteiger charge is -2.20. The van der Waals surface area contributed by atoms with Gasteiger partial charge in [0.1, 0.15) is 0 Å². The van der Waals surface area contributed by atoms with Crippen LogP contribution in [0.2, 0.25) is 0 Å². The maximum Gasteiger partial charge on any atom is 0.230 e. The molecule has 0 saturated carbocycles. The average molecular weight is 355 g/mol. The molecule has 0 unspecified atom stereocenters. The van der Waals surface area contributed by atoms with Crippen LogP contribution in [0, 0.1) is 6.92 Å². The van der Waals surface area contributed by atoms with E-state index in [2.05, 4.69) is 39.7 Å². The van der Waals surface area contributed by atoms with Crippen molar-refractivity contribution in [2.75, 3.05) is 5.75 Å². The molecular weight excluding hydrogens is 334 g/mol. The van der Waals surface area contributed by atoms with E-state index in [1.54, 1.807) is 4.52 Å². The van der Waals surface area contributed by atoms with Crippen molar-refractivity contribution < 1.29 is 4.79 Å². The van der Waals surface area contributed by atoms with Crippen LogP contribution < -0.4 is 5.32 Å². The lowest BCUT2D eigenvalue weighted by molar-refractivity contribution is -0.119. The van der Waals surface area contributed by atoms with Gasteiger partial charge in [0, 0.05) is 11.1 Å². The van der Waals surface area contributed by atoms with Gasteiger partial charge >= 0.3 is 0 Å². The van der Waals surface area contributed by atoms with Gasteiger partial charge in [0.15, 0.2) is 5.65 Å². The Morgan fingerprint density at radius 3 is 2.52 bits per heavy atom. The van der Waals surface area contributed by atoms with Crippen molar-refractivity contribution in [3.63, 3.8) is 0 Å². The standard InChI is InChI=1S/C18H21N5OS/c1-12-5-7-13(8-6-12)14-9-10-15-20-21-17(23(15)22-14)25-11-16(24)19-18(2,3)4/h5-10H,11H2,1-4H3,(H,19,24). The average Bonchev–Trinajstić information content (AvgIpc) is 2.94. The van der Waals surface area contributed by atoms with Gasteiger partial charge in [-0.05, 0) is 39.8 Å². The van der Waals surface area contributed by atoms with E-state index >= 15 is 0 Å². The number of benzene rings is 1. The number of nitrogens with one attached hydrogen (secondary N) is 1. The van der Waals surface area contributed by atoms with Crippen molar-refractivity contribution in [1.29, 1.82) is 0 Å². The van der Waals surface area contributed by atoms with Gasteiger partial charge in [0.05, 0.1) is 11.4 Å². The molecule has 3 rings (SSSR count). The largest absolute Gasteiger partial charge is 0.351 e. The van der Waals surface area contributed by atoms with Gasteiger partial charge in [-0.2, -0.15) is 9.61 Å². The van der Waals surface area contributed by atoms with Crippen LogP contribution in [0.4, 0.5) is 0 Å². The number of rotatable bonds is 4. The number of carbonyl (C=O) groups excluding carboxylic acids is 1. The summed E-state index contributed by atoms with van der Waals surface area (Å²) in [7, 11) is 0. The van der Waals surface area contributed by atoms with Gasteiger partial charge in [-0.15, -0.1) is 10.2 Å². The summed E-state index contributed by atoms with van der Waals surface area (Å²) in [5.41, 5.74) is 3.49. The minimum Gasteiger partial charge on any atom is -0.351 e. The Morgan fingerprint density at radius 1 is 1.12 bits per heavy atom. The van der Waals surface area contributed by atoms with Gasteiger partial charge in [-0.25, -0.2) is 0 Å². The van der Waals surface area contributed by atoms with E-state index in [4.69, 9.17) is 0 Å². The lowest BCUT2D eigenvalue weighted by atomic mass is 10.1. The van der Waals surface area contributed by atoms with E-state index in [9.17, 15) is 4.79 Å². The number of hydrogen-bond donors (Lipinski definition) is 1. The maximum atomic E-state index is 12.0. The van der Waals surface area contributed by atoms with Crippen LogP contribution >= 0.6 is 11.8 Å². The molecule has 2 heterocycles. The van der Waals surface area contributed by atoms with Crippen LogP contribution in [0.1, 0.15) is 26.3 Å². The summed E-state index contributed by atoms with van der Waals surface area (Å²) in [6.07, 6.45) is 0. The third-order valence-corrected chi connectivity index (χ3v) is 4.35. The predicted molar refractivity (Wildman–Crippen MR) is 99.6 cm³/mol. The van der Waals surface area contributed by atoms with E-state index in [0.29, 0.717) is 10.8 Å². The van der Waals surface area contributed by atoms with Crippen LogP contribution in [0.25, 0.3) is 16.9 Å². The Balaban J connectivity index is 1.81. The number of hydrogen-bond acceptors (Lipinski definition) is 5. The fraction of sp³-hybridized carbons (Fsp3) is 0.333. The molecule has 25 heavy (non-hydrogen) atoms. The SMILES string of the molecule is Cc1ccc(-c2ccc3nnc(SCC(=O)NC(C)(C)C)n3n2)cc1. The van der Waals surface area contributed by atoms with Gasteiger partial charge in [-0.1, -0.05) is 41.6 Å². The highest BCUT2D eigenvalue weighted by Gasteiger charge is 2.16. The number of amides is 1. The lowest BCUT2D eigenvalue weighted by Crippen LogP contribution is -2.41. The van der Waals surface area contributed by atoms with Crippen molar-refractivity contribution in [2.24, 2.45) is 0 Å². The second-order valence-corrected chi connectivity index (χ2v) is 7.87. The monoisotopic (exact) mass is 355 g/mol. The first kappa shape index (κ1) is 17.4. The molecule has 7 heteroatoms. The van der Waals surface area contributed by atoms with Crippen molar-refractivity contribution in [3.05, 3.63) is 42.0 Å². The van der Waals surface area contributed by atoms with Crippen molar-refractivity contribution in [1.82, 2.24) is 25.1 Å². The molecule has 0 fully saturated rings. The molecule has 0 aliphatic rings. The van der Waals surface area contributed by atoms with Gasteiger partial charge in [0.2, 0.25) is 11.1 Å². The Labute approximate surface area is 151 Å². The molecule has 0 radical (unpaired) electrons. The maximum absolute atomic E-state index is 12.0. The first-order valence-electron chi connectivity index (χ1n) is 8.05.